The molecule has 5 nitrogen and oxygen atoms in total. The van der Waals surface area contributed by atoms with Crippen molar-refractivity contribution in [3.05, 3.63) is 46.3 Å². The fourth-order valence-corrected chi connectivity index (χ4v) is 3.01. The van der Waals surface area contributed by atoms with Gasteiger partial charge in [0.25, 0.3) is 0 Å². The van der Waals surface area contributed by atoms with E-state index in [1.54, 1.807) is 0 Å². The van der Waals surface area contributed by atoms with Crippen LogP contribution in [0.1, 0.15) is 34.1 Å². The van der Waals surface area contributed by atoms with Crippen LogP contribution in [0.3, 0.4) is 0 Å². The standard InChI is InChI=1S/C16H22N4O/c1-10-14(11(2)20(3)19-10)9-15(18-17)12-4-5-16-13(8-12)6-7-21-16/h4-5,8,15,18H,6-7,9,17H2,1-3H3. The van der Waals surface area contributed by atoms with Crippen LogP contribution in [0.25, 0.3) is 0 Å². The van der Waals surface area contributed by atoms with E-state index in [1.165, 1.54) is 22.4 Å². The van der Waals surface area contributed by atoms with Crippen LogP contribution < -0.4 is 16.0 Å². The quantitative estimate of drug-likeness (QED) is 0.663. The number of rotatable bonds is 4. The van der Waals surface area contributed by atoms with Gasteiger partial charge in [-0.3, -0.25) is 16.0 Å². The fourth-order valence-electron chi connectivity index (χ4n) is 3.01. The summed E-state index contributed by atoms with van der Waals surface area (Å²) in [5.74, 6) is 6.80. The number of hydrogen-bond acceptors (Lipinski definition) is 4. The van der Waals surface area contributed by atoms with Gasteiger partial charge >= 0.3 is 0 Å². The molecule has 1 unspecified atom stereocenters. The van der Waals surface area contributed by atoms with Crippen molar-refractivity contribution in [1.82, 2.24) is 15.2 Å². The third-order valence-corrected chi connectivity index (χ3v) is 4.38. The molecule has 0 bridgehead atoms. The molecule has 0 saturated heterocycles. The highest BCUT2D eigenvalue weighted by Crippen LogP contribution is 2.29. The second-order valence-electron chi connectivity index (χ2n) is 5.66. The molecule has 0 spiro atoms. The minimum atomic E-state index is 0.0810. The topological polar surface area (TPSA) is 65.1 Å². The molecule has 0 amide bonds. The van der Waals surface area contributed by atoms with Gasteiger partial charge in [-0.25, -0.2) is 0 Å². The van der Waals surface area contributed by atoms with Gasteiger partial charge in [0.05, 0.1) is 18.3 Å². The van der Waals surface area contributed by atoms with Crippen LogP contribution in [-0.2, 0) is 19.9 Å². The molecule has 0 saturated carbocycles. The van der Waals surface area contributed by atoms with Crippen molar-refractivity contribution in [2.75, 3.05) is 6.61 Å². The summed E-state index contributed by atoms with van der Waals surface area (Å²) in [6, 6.07) is 6.42. The molecule has 0 aliphatic carbocycles. The maximum Gasteiger partial charge on any atom is 0.122 e. The number of ether oxygens (including phenoxy) is 1. The second kappa shape index (κ2) is 5.50. The Morgan fingerprint density at radius 2 is 2.24 bits per heavy atom. The Morgan fingerprint density at radius 1 is 1.43 bits per heavy atom. The third-order valence-electron chi connectivity index (χ3n) is 4.38. The molecule has 1 aromatic heterocycles. The zero-order valence-electron chi connectivity index (χ0n) is 12.8. The van der Waals surface area contributed by atoms with E-state index in [4.69, 9.17) is 10.6 Å². The van der Waals surface area contributed by atoms with Gasteiger partial charge in [0.2, 0.25) is 0 Å². The van der Waals surface area contributed by atoms with E-state index in [0.717, 1.165) is 30.9 Å². The summed E-state index contributed by atoms with van der Waals surface area (Å²) in [5, 5.41) is 4.48. The molecule has 1 aliphatic heterocycles. The first kappa shape index (κ1) is 14.1. The lowest BCUT2D eigenvalue weighted by Crippen LogP contribution is -2.30. The molecule has 1 atom stereocenters. The van der Waals surface area contributed by atoms with Crippen LogP contribution in [0.5, 0.6) is 5.75 Å². The Bertz CT molecular complexity index is 663. The number of nitrogens with two attached hydrogens (primary N) is 1. The van der Waals surface area contributed by atoms with Gasteiger partial charge in [0.1, 0.15) is 5.75 Å². The smallest absolute Gasteiger partial charge is 0.122 e. The number of fused-ring (bicyclic) bond motifs is 1. The summed E-state index contributed by atoms with van der Waals surface area (Å²) in [4.78, 5) is 0. The average Bonchev–Trinajstić information content (AvgIpc) is 3.03. The SMILES string of the molecule is Cc1nn(C)c(C)c1CC(NN)c1ccc2c(c1)CCO2. The number of nitrogens with one attached hydrogen (secondary N) is 1. The Morgan fingerprint density at radius 3 is 2.90 bits per heavy atom. The molecule has 0 fully saturated rings. The minimum Gasteiger partial charge on any atom is -0.493 e. The van der Waals surface area contributed by atoms with Crippen molar-refractivity contribution in [2.45, 2.75) is 32.7 Å². The summed E-state index contributed by atoms with van der Waals surface area (Å²) < 4.78 is 7.49. The van der Waals surface area contributed by atoms with Gasteiger partial charge in [-0.05, 0) is 43.0 Å². The molecular formula is C16H22N4O. The van der Waals surface area contributed by atoms with Gasteiger partial charge in [0, 0.05) is 19.2 Å². The molecule has 5 heteroatoms. The highest BCUT2D eigenvalue weighted by Gasteiger charge is 2.19. The first-order chi connectivity index (χ1) is 10.1. The van der Waals surface area contributed by atoms with Crippen LogP contribution in [0, 0.1) is 13.8 Å². The molecule has 2 aromatic rings. The second-order valence-corrected chi connectivity index (χ2v) is 5.66. The fraction of sp³-hybridized carbons (Fsp3) is 0.438. The summed E-state index contributed by atoms with van der Waals surface area (Å²) in [6.07, 6.45) is 1.81. The Kier molecular flexibility index (Phi) is 3.69. The Labute approximate surface area is 125 Å². The van der Waals surface area contributed by atoms with Gasteiger partial charge < -0.3 is 4.74 Å². The zero-order valence-corrected chi connectivity index (χ0v) is 12.8. The molecule has 0 radical (unpaired) electrons. The summed E-state index contributed by atoms with van der Waals surface area (Å²) in [6.45, 7) is 4.92. The molecule has 3 rings (SSSR count). The first-order valence-corrected chi connectivity index (χ1v) is 7.31. The number of aryl methyl sites for hydroxylation is 2. The zero-order chi connectivity index (χ0) is 15.0. The molecule has 21 heavy (non-hydrogen) atoms. The maximum atomic E-state index is 5.80. The van der Waals surface area contributed by atoms with Crippen LogP contribution in [0.15, 0.2) is 18.2 Å². The molecular weight excluding hydrogens is 264 g/mol. The minimum absolute atomic E-state index is 0.0810. The van der Waals surface area contributed by atoms with Crippen molar-refractivity contribution >= 4 is 0 Å². The molecule has 1 aromatic carbocycles. The van der Waals surface area contributed by atoms with E-state index >= 15 is 0 Å². The maximum absolute atomic E-state index is 5.80. The van der Waals surface area contributed by atoms with Crippen LogP contribution >= 0.6 is 0 Å². The highest BCUT2D eigenvalue weighted by atomic mass is 16.5. The lowest BCUT2D eigenvalue weighted by molar-refractivity contribution is 0.356. The summed E-state index contributed by atoms with van der Waals surface area (Å²) >= 11 is 0. The van der Waals surface area contributed by atoms with Crippen LogP contribution in [-0.4, -0.2) is 16.4 Å². The van der Waals surface area contributed by atoms with Crippen LogP contribution in [0.4, 0.5) is 0 Å². The van der Waals surface area contributed by atoms with Crippen molar-refractivity contribution < 1.29 is 4.74 Å². The molecule has 112 valence electrons. The molecule has 3 N–H and O–H groups in total. The number of aromatic nitrogens is 2. The predicted octanol–water partition coefficient (Wildman–Crippen LogP) is 1.72. The number of benzene rings is 1. The number of nitrogens with zero attached hydrogens (tertiary/aromatic N) is 2. The van der Waals surface area contributed by atoms with Crippen molar-refractivity contribution in [3.8, 4) is 5.75 Å². The lowest BCUT2D eigenvalue weighted by Gasteiger charge is -2.17. The van der Waals surface area contributed by atoms with Crippen molar-refractivity contribution in [3.63, 3.8) is 0 Å². The van der Waals surface area contributed by atoms with E-state index in [9.17, 15) is 0 Å². The Balaban J connectivity index is 1.88. The van der Waals surface area contributed by atoms with E-state index in [-0.39, 0.29) is 6.04 Å². The van der Waals surface area contributed by atoms with Gasteiger partial charge in [0.15, 0.2) is 0 Å². The third kappa shape index (κ3) is 2.54. The van der Waals surface area contributed by atoms with Crippen LogP contribution in [0.2, 0.25) is 0 Å². The predicted molar refractivity (Wildman–Crippen MR) is 82.1 cm³/mol. The average molecular weight is 286 g/mol. The van der Waals surface area contributed by atoms with Crippen molar-refractivity contribution in [1.29, 1.82) is 0 Å². The monoisotopic (exact) mass is 286 g/mol. The first-order valence-electron chi connectivity index (χ1n) is 7.31. The summed E-state index contributed by atoms with van der Waals surface area (Å²) in [7, 11) is 1.98. The summed E-state index contributed by atoms with van der Waals surface area (Å²) in [5.41, 5.74) is 8.94. The van der Waals surface area contributed by atoms with E-state index < -0.39 is 0 Å². The molecule has 2 heterocycles. The normalized spacial score (nSPS) is 14.9. The largest absolute Gasteiger partial charge is 0.493 e. The van der Waals surface area contributed by atoms with E-state index in [2.05, 4.69) is 29.6 Å². The highest BCUT2D eigenvalue weighted by molar-refractivity contribution is 5.41. The van der Waals surface area contributed by atoms with E-state index in [0.29, 0.717) is 0 Å². The molecule has 1 aliphatic rings. The number of hydrazine groups is 1. The van der Waals surface area contributed by atoms with Gasteiger partial charge in [-0.15, -0.1) is 0 Å². The lowest BCUT2D eigenvalue weighted by atomic mass is 9.96. The van der Waals surface area contributed by atoms with Gasteiger partial charge in [-0.2, -0.15) is 5.10 Å². The van der Waals surface area contributed by atoms with E-state index in [1.807, 2.05) is 24.7 Å². The van der Waals surface area contributed by atoms with Crippen molar-refractivity contribution in [2.24, 2.45) is 12.9 Å². The van der Waals surface area contributed by atoms with Gasteiger partial charge in [-0.1, -0.05) is 12.1 Å². The Hall–Kier alpha value is -1.85. The number of hydrogen-bond donors (Lipinski definition) is 2.